The number of carbonyl (C=O) groups excluding carboxylic acids is 2. The minimum absolute atomic E-state index is 0.118. The van der Waals surface area contributed by atoms with Gasteiger partial charge < -0.3 is 15.1 Å². The third-order valence-electron chi connectivity index (χ3n) is 4.54. The number of rotatable bonds is 5. The molecule has 5 nitrogen and oxygen atoms in total. The molecule has 1 aliphatic heterocycles. The first-order chi connectivity index (χ1) is 10.6. The summed E-state index contributed by atoms with van der Waals surface area (Å²) in [4.78, 5) is 28.6. The van der Waals surface area contributed by atoms with E-state index in [4.69, 9.17) is 0 Å². The molecular formula is C17H29N3O2. The van der Waals surface area contributed by atoms with Crippen LogP contribution in [0.15, 0.2) is 12.2 Å². The Bertz CT molecular complexity index is 414. The maximum absolute atomic E-state index is 12.6. The molecule has 1 aliphatic carbocycles. The van der Waals surface area contributed by atoms with Crippen molar-refractivity contribution in [1.82, 2.24) is 15.1 Å². The van der Waals surface area contributed by atoms with E-state index in [2.05, 4.69) is 5.32 Å². The topological polar surface area (TPSA) is 52.7 Å². The van der Waals surface area contributed by atoms with Gasteiger partial charge >= 0.3 is 0 Å². The van der Waals surface area contributed by atoms with Gasteiger partial charge in [-0.15, -0.1) is 0 Å². The predicted octanol–water partition coefficient (Wildman–Crippen LogP) is 1.54. The summed E-state index contributed by atoms with van der Waals surface area (Å²) in [5.41, 5.74) is 0. The average molecular weight is 307 g/mol. The van der Waals surface area contributed by atoms with Crippen LogP contribution in [0.1, 0.15) is 44.9 Å². The van der Waals surface area contributed by atoms with Gasteiger partial charge in [0.1, 0.15) is 6.04 Å². The van der Waals surface area contributed by atoms with Gasteiger partial charge in [0, 0.05) is 25.2 Å². The summed E-state index contributed by atoms with van der Waals surface area (Å²) in [6.45, 7) is 1.58. The van der Waals surface area contributed by atoms with E-state index in [1.807, 2.05) is 30.0 Å². The van der Waals surface area contributed by atoms with Gasteiger partial charge in [-0.25, -0.2) is 0 Å². The fourth-order valence-corrected chi connectivity index (χ4v) is 3.38. The maximum Gasteiger partial charge on any atom is 0.245 e. The summed E-state index contributed by atoms with van der Waals surface area (Å²) in [5.74, 6) is -0.0433. The second-order valence-corrected chi connectivity index (χ2v) is 6.69. The first-order valence-electron chi connectivity index (χ1n) is 8.50. The van der Waals surface area contributed by atoms with Crippen LogP contribution in [0.3, 0.4) is 0 Å². The zero-order chi connectivity index (χ0) is 15.9. The zero-order valence-electron chi connectivity index (χ0n) is 13.9. The third-order valence-corrected chi connectivity index (χ3v) is 4.54. The van der Waals surface area contributed by atoms with Crippen molar-refractivity contribution in [2.24, 2.45) is 0 Å². The Kier molecular flexibility index (Phi) is 6.43. The summed E-state index contributed by atoms with van der Waals surface area (Å²) in [5, 5.41) is 2.88. The fraction of sp³-hybridized carbons (Fsp3) is 0.765. The summed E-state index contributed by atoms with van der Waals surface area (Å²) in [7, 11) is 3.91. The molecule has 0 aromatic rings. The lowest BCUT2D eigenvalue weighted by Gasteiger charge is -2.39. The Balaban J connectivity index is 1.86. The van der Waals surface area contributed by atoms with E-state index in [-0.39, 0.29) is 17.9 Å². The second kappa shape index (κ2) is 8.32. The van der Waals surface area contributed by atoms with Gasteiger partial charge in [-0.05, 0) is 39.8 Å². The van der Waals surface area contributed by atoms with Crippen molar-refractivity contribution in [3.8, 4) is 0 Å². The van der Waals surface area contributed by atoms with E-state index >= 15 is 0 Å². The highest BCUT2D eigenvalue weighted by Gasteiger charge is 2.34. The smallest absolute Gasteiger partial charge is 0.245 e. The highest BCUT2D eigenvalue weighted by atomic mass is 16.2. The molecule has 2 rings (SSSR count). The highest BCUT2D eigenvalue weighted by molar-refractivity contribution is 5.93. The Morgan fingerprint density at radius 3 is 2.64 bits per heavy atom. The minimum atomic E-state index is -0.341. The molecule has 1 unspecified atom stereocenters. The number of nitrogens with one attached hydrogen (secondary N) is 1. The molecular weight excluding hydrogens is 278 g/mol. The van der Waals surface area contributed by atoms with Gasteiger partial charge in [0.15, 0.2) is 0 Å². The quantitative estimate of drug-likeness (QED) is 0.784. The Labute approximate surface area is 133 Å². The lowest BCUT2D eigenvalue weighted by molar-refractivity contribution is -0.141. The lowest BCUT2D eigenvalue weighted by Crippen LogP contribution is -2.55. The van der Waals surface area contributed by atoms with Crippen LogP contribution in [-0.4, -0.2) is 60.9 Å². The summed E-state index contributed by atoms with van der Waals surface area (Å²) < 4.78 is 0. The van der Waals surface area contributed by atoms with Crippen molar-refractivity contribution < 1.29 is 9.59 Å². The number of likely N-dealkylation sites (N-methyl/N-ethyl adjacent to an activating group) is 1. The van der Waals surface area contributed by atoms with E-state index in [0.717, 1.165) is 38.8 Å². The van der Waals surface area contributed by atoms with Crippen molar-refractivity contribution in [1.29, 1.82) is 0 Å². The molecule has 0 aromatic heterocycles. The molecule has 0 aromatic carbocycles. The molecule has 1 atom stereocenters. The lowest BCUT2D eigenvalue weighted by atomic mass is 9.91. The van der Waals surface area contributed by atoms with Crippen LogP contribution in [0, 0.1) is 0 Å². The number of amides is 2. The van der Waals surface area contributed by atoms with Crippen LogP contribution in [0.2, 0.25) is 0 Å². The molecule has 1 saturated heterocycles. The Morgan fingerprint density at radius 1 is 1.23 bits per heavy atom. The Morgan fingerprint density at radius 2 is 1.95 bits per heavy atom. The summed E-state index contributed by atoms with van der Waals surface area (Å²) in [6, 6.07) is 0.0532. The molecule has 1 saturated carbocycles. The fourth-order valence-electron chi connectivity index (χ4n) is 3.38. The Hall–Kier alpha value is -1.36. The van der Waals surface area contributed by atoms with Gasteiger partial charge in [-0.3, -0.25) is 9.59 Å². The first kappa shape index (κ1) is 17.0. The molecule has 2 aliphatic rings. The SMILES string of the molecule is CN(C)C/C=C/C(=O)NC1CCCN(C2CCCCC2)C1=O. The number of piperidine rings is 1. The van der Waals surface area contributed by atoms with Crippen LogP contribution in [0.5, 0.6) is 0 Å². The minimum Gasteiger partial charge on any atom is -0.341 e. The maximum atomic E-state index is 12.6. The predicted molar refractivity (Wildman–Crippen MR) is 87.4 cm³/mol. The van der Waals surface area contributed by atoms with E-state index in [0.29, 0.717) is 6.04 Å². The number of likely N-dealkylation sites (tertiary alicyclic amines) is 1. The van der Waals surface area contributed by atoms with Crippen molar-refractivity contribution >= 4 is 11.8 Å². The van der Waals surface area contributed by atoms with Gasteiger partial charge in [0.2, 0.25) is 11.8 Å². The normalized spacial score (nSPS) is 24.2. The third kappa shape index (κ3) is 4.83. The number of nitrogens with zero attached hydrogens (tertiary/aromatic N) is 2. The van der Waals surface area contributed by atoms with E-state index < -0.39 is 0 Å². The van der Waals surface area contributed by atoms with Gasteiger partial charge in [-0.2, -0.15) is 0 Å². The molecule has 5 heteroatoms. The van der Waals surface area contributed by atoms with E-state index in [1.54, 1.807) is 0 Å². The standard InChI is InChI=1S/C17H29N3O2/c1-19(2)12-7-11-16(21)18-15-10-6-13-20(17(15)22)14-8-4-3-5-9-14/h7,11,14-15H,3-6,8-10,12-13H2,1-2H3,(H,18,21)/b11-7+. The number of hydrogen-bond acceptors (Lipinski definition) is 3. The molecule has 22 heavy (non-hydrogen) atoms. The van der Waals surface area contributed by atoms with Crippen LogP contribution < -0.4 is 5.32 Å². The van der Waals surface area contributed by atoms with Crippen LogP contribution >= 0.6 is 0 Å². The highest BCUT2D eigenvalue weighted by Crippen LogP contribution is 2.26. The molecule has 1 heterocycles. The first-order valence-corrected chi connectivity index (χ1v) is 8.50. The van der Waals surface area contributed by atoms with Gasteiger partial charge in [0.25, 0.3) is 0 Å². The summed E-state index contributed by atoms with van der Waals surface area (Å²) >= 11 is 0. The molecule has 0 spiro atoms. The summed E-state index contributed by atoms with van der Waals surface area (Å²) in [6.07, 6.45) is 11.1. The zero-order valence-corrected chi connectivity index (χ0v) is 13.9. The van der Waals surface area contributed by atoms with E-state index in [9.17, 15) is 9.59 Å². The van der Waals surface area contributed by atoms with Crippen LogP contribution in [0.25, 0.3) is 0 Å². The van der Waals surface area contributed by atoms with E-state index in [1.165, 1.54) is 25.3 Å². The molecule has 2 amide bonds. The molecule has 0 radical (unpaired) electrons. The molecule has 0 bridgehead atoms. The van der Waals surface area contributed by atoms with Crippen molar-refractivity contribution in [2.45, 2.75) is 57.0 Å². The van der Waals surface area contributed by atoms with Gasteiger partial charge in [-0.1, -0.05) is 25.3 Å². The molecule has 1 N–H and O–H groups in total. The van der Waals surface area contributed by atoms with Crippen LogP contribution in [0.4, 0.5) is 0 Å². The molecule has 124 valence electrons. The molecule has 2 fully saturated rings. The van der Waals surface area contributed by atoms with Crippen molar-refractivity contribution in [2.75, 3.05) is 27.2 Å². The number of hydrogen-bond donors (Lipinski definition) is 1. The van der Waals surface area contributed by atoms with Crippen molar-refractivity contribution in [3.05, 3.63) is 12.2 Å². The number of carbonyl (C=O) groups is 2. The second-order valence-electron chi connectivity index (χ2n) is 6.69. The van der Waals surface area contributed by atoms with Crippen LogP contribution in [-0.2, 0) is 9.59 Å². The van der Waals surface area contributed by atoms with Gasteiger partial charge in [0.05, 0.1) is 0 Å². The average Bonchev–Trinajstić information content (AvgIpc) is 2.50. The largest absolute Gasteiger partial charge is 0.341 e. The van der Waals surface area contributed by atoms with Crippen molar-refractivity contribution in [3.63, 3.8) is 0 Å². The monoisotopic (exact) mass is 307 g/mol.